The number of benzene rings is 1. The van der Waals surface area contributed by atoms with Gasteiger partial charge in [-0.2, -0.15) is 0 Å². The first-order valence-corrected chi connectivity index (χ1v) is 10.9. The zero-order valence-electron chi connectivity index (χ0n) is 17.9. The molecule has 1 rings (SSSR count). The number of ketones is 2. The Bertz CT molecular complexity index is 870. The van der Waals surface area contributed by atoms with Crippen LogP contribution in [-0.2, 0) is 24.0 Å². The quantitative estimate of drug-likeness (QED) is 0.348. The molecule has 9 nitrogen and oxygen atoms in total. The van der Waals surface area contributed by atoms with Gasteiger partial charge in [0.25, 0.3) is 0 Å². The van der Waals surface area contributed by atoms with Crippen molar-refractivity contribution < 1.29 is 28.8 Å². The minimum Gasteiger partial charge on any atom is -0.347 e. The highest BCUT2D eigenvalue weighted by Gasteiger charge is 2.12. The molecule has 0 saturated carbocycles. The molecule has 1 aromatic rings. The molecule has 0 bridgehead atoms. The van der Waals surface area contributed by atoms with Gasteiger partial charge in [-0.15, -0.1) is 0 Å². The van der Waals surface area contributed by atoms with Gasteiger partial charge in [-0.05, 0) is 18.9 Å². The SMILES string of the molecule is C=C(C)C(=O)CCCC(=O)CNC(=O)CNC(=O)CNC(=O)CSC(=O)c1ccccc1. The fourth-order valence-electron chi connectivity index (χ4n) is 2.27. The van der Waals surface area contributed by atoms with E-state index in [-0.39, 0.29) is 54.9 Å². The van der Waals surface area contributed by atoms with Gasteiger partial charge in [-0.3, -0.25) is 28.8 Å². The number of hydrogen-bond donors (Lipinski definition) is 3. The molecule has 0 saturated heterocycles. The molecule has 3 N–H and O–H groups in total. The van der Waals surface area contributed by atoms with Gasteiger partial charge in [-0.25, -0.2) is 0 Å². The maximum Gasteiger partial charge on any atom is 0.239 e. The maximum atomic E-state index is 11.9. The van der Waals surface area contributed by atoms with Crippen LogP contribution in [0.2, 0.25) is 0 Å². The molecule has 3 amide bonds. The van der Waals surface area contributed by atoms with Crippen molar-refractivity contribution in [2.24, 2.45) is 0 Å². The van der Waals surface area contributed by atoms with Gasteiger partial charge in [0.2, 0.25) is 22.8 Å². The van der Waals surface area contributed by atoms with E-state index in [9.17, 15) is 28.8 Å². The van der Waals surface area contributed by atoms with Crippen LogP contribution < -0.4 is 16.0 Å². The highest BCUT2D eigenvalue weighted by molar-refractivity contribution is 8.14. The van der Waals surface area contributed by atoms with Crippen LogP contribution in [0.25, 0.3) is 0 Å². The summed E-state index contributed by atoms with van der Waals surface area (Å²) in [4.78, 5) is 70.2. The lowest BCUT2D eigenvalue weighted by molar-refractivity contribution is -0.128. The van der Waals surface area contributed by atoms with Crippen LogP contribution in [0.4, 0.5) is 0 Å². The van der Waals surface area contributed by atoms with E-state index in [4.69, 9.17) is 0 Å². The van der Waals surface area contributed by atoms with Crippen LogP contribution in [0.3, 0.4) is 0 Å². The first-order valence-electron chi connectivity index (χ1n) is 9.91. The van der Waals surface area contributed by atoms with E-state index < -0.39 is 17.7 Å². The van der Waals surface area contributed by atoms with Crippen molar-refractivity contribution in [3.63, 3.8) is 0 Å². The normalized spacial score (nSPS) is 10.0. The molecular formula is C22H27N3O6S. The Balaban J connectivity index is 2.13. The molecule has 0 spiro atoms. The number of allylic oxidation sites excluding steroid dienone is 1. The predicted molar refractivity (Wildman–Crippen MR) is 121 cm³/mol. The third-order valence-corrected chi connectivity index (χ3v) is 4.96. The van der Waals surface area contributed by atoms with E-state index in [2.05, 4.69) is 22.5 Å². The molecule has 0 atom stereocenters. The molecule has 0 unspecified atom stereocenters. The molecule has 0 aliphatic heterocycles. The molecule has 0 radical (unpaired) electrons. The second-order valence-electron chi connectivity index (χ2n) is 6.87. The molecule has 172 valence electrons. The molecule has 0 aromatic heterocycles. The summed E-state index contributed by atoms with van der Waals surface area (Å²) in [7, 11) is 0. The number of thioether (sulfide) groups is 1. The van der Waals surface area contributed by atoms with Crippen molar-refractivity contribution in [1.29, 1.82) is 0 Å². The lowest BCUT2D eigenvalue weighted by Crippen LogP contribution is -2.43. The minimum absolute atomic E-state index is 0.0990. The van der Waals surface area contributed by atoms with Crippen molar-refractivity contribution in [3.8, 4) is 0 Å². The fraction of sp³-hybridized carbons (Fsp3) is 0.364. The lowest BCUT2D eigenvalue weighted by Gasteiger charge is -2.08. The van der Waals surface area contributed by atoms with Crippen LogP contribution >= 0.6 is 11.8 Å². The number of nitrogens with one attached hydrogen (secondary N) is 3. The highest BCUT2D eigenvalue weighted by atomic mass is 32.2. The van der Waals surface area contributed by atoms with Crippen LogP contribution in [0.1, 0.15) is 36.5 Å². The van der Waals surface area contributed by atoms with Crippen molar-refractivity contribution >= 4 is 46.2 Å². The van der Waals surface area contributed by atoms with Gasteiger partial charge in [0.1, 0.15) is 0 Å². The first kappa shape index (κ1) is 26.8. The summed E-state index contributed by atoms with van der Waals surface area (Å²) in [6, 6.07) is 8.50. The van der Waals surface area contributed by atoms with E-state index in [0.29, 0.717) is 17.6 Å². The van der Waals surface area contributed by atoms with Crippen LogP contribution in [0, 0.1) is 0 Å². The van der Waals surface area contributed by atoms with E-state index >= 15 is 0 Å². The average molecular weight is 462 g/mol. The second-order valence-corrected chi connectivity index (χ2v) is 7.82. The van der Waals surface area contributed by atoms with Gasteiger partial charge in [0, 0.05) is 18.4 Å². The Morgan fingerprint density at radius 2 is 1.38 bits per heavy atom. The molecule has 32 heavy (non-hydrogen) atoms. The van der Waals surface area contributed by atoms with Crippen molar-refractivity contribution in [3.05, 3.63) is 48.0 Å². The summed E-state index contributed by atoms with van der Waals surface area (Å²) in [6.45, 7) is 4.25. The Labute approximate surface area is 190 Å². The van der Waals surface area contributed by atoms with E-state index in [0.717, 1.165) is 11.8 Å². The number of carbonyl (C=O) groups excluding carboxylic acids is 6. The Morgan fingerprint density at radius 1 is 0.812 bits per heavy atom. The zero-order chi connectivity index (χ0) is 23.9. The van der Waals surface area contributed by atoms with Crippen molar-refractivity contribution in [1.82, 2.24) is 16.0 Å². The standard InChI is InChI=1S/C22H27N3O6S/c1-15(2)18(27)10-6-9-17(26)11-23-19(28)12-24-20(29)13-25-21(30)14-32-22(31)16-7-4-3-5-8-16/h3-5,7-8H,1,6,9-14H2,2H3,(H,23,28)(H,24,29)(H,25,30). The average Bonchev–Trinajstić information content (AvgIpc) is 2.78. The first-order chi connectivity index (χ1) is 15.2. The molecule has 0 aliphatic carbocycles. The van der Waals surface area contributed by atoms with Crippen molar-refractivity contribution in [2.45, 2.75) is 26.2 Å². The van der Waals surface area contributed by atoms with E-state index in [1.165, 1.54) is 0 Å². The van der Waals surface area contributed by atoms with E-state index in [1.54, 1.807) is 37.3 Å². The summed E-state index contributed by atoms with van der Waals surface area (Å²) >= 11 is 0.823. The summed E-state index contributed by atoms with van der Waals surface area (Å²) < 4.78 is 0. The number of carbonyl (C=O) groups is 6. The largest absolute Gasteiger partial charge is 0.347 e. The molecule has 1 aromatic carbocycles. The Morgan fingerprint density at radius 3 is 1.97 bits per heavy atom. The van der Waals surface area contributed by atoms with Gasteiger partial charge >= 0.3 is 0 Å². The van der Waals surface area contributed by atoms with Gasteiger partial charge in [0.05, 0.1) is 25.4 Å². The van der Waals surface area contributed by atoms with Gasteiger partial charge in [0.15, 0.2) is 11.6 Å². The van der Waals surface area contributed by atoms with Gasteiger partial charge in [-0.1, -0.05) is 48.7 Å². The van der Waals surface area contributed by atoms with Crippen LogP contribution in [0.5, 0.6) is 0 Å². The maximum absolute atomic E-state index is 11.9. The number of hydrogen-bond acceptors (Lipinski definition) is 7. The second kappa shape index (κ2) is 14.7. The Kier molecular flexibility index (Phi) is 12.3. The summed E-state index contributed by atoms with van der Waals surface area (Å²) in [6.07, 6.45) is 0.768. The third-order valence-electron chi connectivity index (χ3n) is 4.05. The number of Topliss-reactive ketones (excluding diaryl/α,β-unsaturated/α-hetero) is 2. The predicted octanol–water partition coefficient (Wildman–Crippen LogP) is 0.793. The van der Waals surface area contributed by atoms with Crippen LogP contribution in [-0.4, -0.2) is 59.8 Å². The summed E-state index contributed by atoms with van der Waals surface area (Å²) in [5.41, 5.74) is 0.921. The van der Waals surface area contributed by atoms with Crippen LogP contribution in [0.15, 0.2) is 42.5 Å². The van der Waals surface area contributed by atoms with Gasteiger partial charge < -0.3 is 16.0 Å². The summed E-state index contributed by atoms with van der Waals surface area (Å²) in [5.74, 6) is -2.10. The zero-order valence-corrected chi connectivity index (χ0v) is 18.7. The van der Waals surface area contributed by atoms with Crippen molar-refractivity contribution in [2.75, 3.05) is 25.4 Å². The molecular weight excluding hydrogens is 434 g/mol. The summed E-state index contributed by atoms with van der Waals surface area (Å²) in [5, 5.41) is 6.80. The molecule has 0 fully saturated rings. The highest BCUT2D eigenvalue weighted by Crippen LogP contribution is 2.11. The molecule has 10 heteroatoms. The molecule has 0 aliphatic rings. The smallest absolute Gasteiger partial charge is 0.239 e. The number of amides is 3. The molecule has 0 heterocycles. The third kappa shape index (κ3) is 11.8. The lowest BCUT2D eigenvalue weighted by atomic mass is 10.1. The Hall–Kier alpha value is -3.27. The van der Waals surface area contributed by atoms with E-state index in [1.807, 2.05) is 0 Å². The monoisotopic (exact) mass is 461 g/mol. The fourth-order valence-corrected chi connectivity index (χ4v) is 2.93. The number of rotatable bonds is 14. The topological polar surface area (TPSA) is 139 Å². The minimum atomic E-state index is -0.586.